The molecule has 16 heavy (non-hydrogen) atoms. The van der Waals surface area contributed by atoms with Gasteiger partial charge in [0.15, 0.2) is 0 Å². The average molecular weight is 225 g/mol. The lowest BCUT2D eigenvalue weighted by atomic mass is 9.87. The van der Waals surface area contributed by atoms with Gasteiger partial charge in [-0.3, -0.25) is 9.69 Å². The van der Waals surface area contributed by atoms with E-state index in [9.17, 15) is 4.79 Å². The van der Waals surface area contributed by atoms with Crippen molar-refractivity contribution in [3.8, 4) is 0 Å². The van der Waals surface area contributed by atoms with Gasteiger partial charge in [-0.15, -0.1) is 0 Å². The van der Waals surface area contributed by atoms with Crippen LogP contribution in [0.4, 0.5) is 0 Å². The molecule has 0 bridgehead atoms. The largest absolute Gasteiger partial charge is 0.316 e. The quantitative estimate of drug-likeness (QED) is 0.701. The van der Waals surface area contributed by atoms with Crippen LogP contribution < -0.4 is 10.6 Å². The number of hydrogen-bond donors (Lipinski definition) is 2. The third kappa shape index (κ3) is 2.62. The highest BCUT2D eigenvalue weighted by Gasteiger charge is 2.34. The van der Waals surface area contributed by atoms with Crippen LogP contribution in [0.25, 0.3) is 0 Å². The van der Waals surface area contributed by atoms with Gasteiger partial charge >= 0.3 is 0 Å². The van der Waals surface area contributed by atoms with Gasteiger partial charge < -0.3 is 10.6 Å². The average Bonchev–Trinajstić information content (AvgIpc) is 2.39. The number of carbonyl (C=O) groups is 1. The van der Waals surface area contributed by atoms with Gasteiger partial charge in [0.05, 0.1) is 0 Å². The number of carbonyl (C=O) groups excluding carboxylic acids is 1. The molecule has 92 valence electrons. The molecule has 2 aliphatic heterocycles. The molecule has 0 radical (unpaired) electrons. The summed E-state index contributed by atoms with van der Waals surface area (Å²) in [6, 6.07) is 0.482. The van der Waals surface area contributed by atoms with Crippen molar-refractivity contribution in [1.29, 1.82) is 0 Å². The van der Waals surface area contributed by atoms with E-state index in [4.69, 9.17) is 0 Å². The van der Waals surface area contributed by atoms with Crippen LogP contribution in [-0.4, -0.2) is 56.0 Å². The van der Waals surface area contributed by atoms with Crippen molar-refractivity contribution in [2.45, 2.75) is 25.8 Å². The fourth-order valence-corrected chi connectivity index (χ4v) is 2.89. The molecule has 0 aromatic carbocycles. The van der Waals surface area contributed by atoms with Gasteiger partial charge in [0.25, 0.3) is 0 Å². The normalized spacial score (nSPS) is 32.6. The zero-order valence-corrected chi connectivity index (χ0v) is 10.2. The van der Waals surface area contributed by atoms with Crippen molar-refractivity contribution in [3.05, 3.63) is 0 Å². The van der Waals surface area contributed by atoms with Gasteiger partial charge in [0, 0.05) is 51.1 Å². The number of piperidine rings is 1. The number of nitrogens with one attached hydrogen (secondary N) is 2. The molecule has 0 amide bonds. The Morgan fingerprint density at radius 2 is 2.00 bits per heavy atom. The molecule has 2 N–H and O–H groups in total. The maximum absolute atomic E-state index is 11.9. The van der Waals surface area contributed by atoms with Crippen LogP contribution in [0.15, 0.2) is 0 Å². The molecular weight excluding hydrogens is 202 g/mol. The molecule has 0 aromatic heterocycles. The summed E-state index contributed by atoms with van der Waals surface area (Å²) in [6.07, 6.45) is 1.80. The monoisotopic (exact) mass is 225 g/mol. The Kier molecular flexibility index (Phi) is 4.32. The van der Waals surface area contributed by atoms with E-state index >= 15 is 0 Å². The van der Waals surface area contributed by atoms with E-state index in [2.05, 4.69) is 15.5 Å². The molecule has 2 heterocycles. The summed E-state index contributed by atoms with van der Waals surface area (Å²) in [7, 11) is 0. The zero-order chi connectivity index (χ0) is 11.4. The summed E-state index contributed by atoms with van der Waals surface area (Å²) in [5.41, 5.74) is 0. The highest BCUT2D eigenvalue weighted by molar-refractivity contribution is 5.81. The van der Waals surface area contributed by atoms with Crippen molar-refractivity contribution in [1.82, 2.24) is 15.5 Å². The van der Waals surface area contributed by atoms with E-state index in [1.54, 1.807) is 0 Å². The van der Waals surface area contributed by atoms with Crippen molar-refractivity contribution >= 4 is 5.78 Å². The highest BCUT2D eigenvalue weighted by atomic mass is 16.1. The first-order chi connectivity index (χ1) is 7.83. The Morgan fingerprint density at radius 1 is 1.25 bits per heavy atom. The number of rotatable bonds is 3. The van der Waals surface area contributed by atoms with Gasteiger partial charge in [0.2, 0.25) is 0 Å². The second kappa shape index (κ2) is 5.75. The lowest BCUT2D eigenvalue weighted by Gasteiger charge is -2.41. The SMILES string of the molecule is CCC(=O)C1CNCCC1N1CCNCC1. The second-order valence-corrected chi connectivity index (χ2v) is 4.77. The fourth-order valence-electron chi connectivity index (χ4n) is 2.89. The number of hydrogen-bond acceptors (Lipinski definition) is 4. The maximum atomic E-state index is 11.9. The van der Waals surface area contributed by atoms with Gasteiger partial charge in [-0.2, -0.15) is 0 Å². The van der Waals surface area contributed by atoms with Crippen molar-refractivity contribution in [2.75, 3.05) is 39.3 Å². The first kappa shape index (κ1) is 12.0. The van der Waals surface area contributed by atoms with Crippen LogP contribution in [0, 0.1) is 5.92 Å². The third-order valence-corrected chi connectivity index (χ3v) is 3.83. The minimum Gasteiger partial charge on any atom is -0.316 e. The van der Waals surface area contributed by atoms with E-state index in [0.29, 0.717) is 18.2 Å². The molecule has 2 rings (SSSR count). The molecule has 0 aliphatic carbocycles. The Labute approximate surface area is 97.8 Å². The van der Waals surface area contributed by atoms with Crippen LogP contribution in [-0.2, 0) is 4.79 Å². The number of piperazine rings is 1. The van der Waals surface area contributed by atoms with Gasteiger partial charge in [-0.05, 0) is 13.0 Å². The molecular formula is C12H23N3O. The van der Waals surface area contributed by atoms with Crippen LogP contribution in [0.2, 0.25) is 0 Å². The van der Waals surface area contributed by atoms with E-state index in [1.807, 2.05) is 6.92 Å². The Balaban J connectivity index is 2.00. The van der Waals surface area contributed by atoms with Gasteiger partial charge in [0.1, 0.15) is 5.78 Å². The first-order valence-electron chi connectivity index (χ1n) is 6.51. The second-order valence-electron chi connectivity index (χ2n) is 4.77. The molecule has 2 unspecified atom stereocenters. The predicted octanol–water partition coefficient (Wildman–Crippen LogP) is -0.151. The lowest BCUT2D eigenvalue weighted by molar-refractivity contribution is -0.125. The van der Waals surface area contributed by atoms with E-state index in [0.717, 1.165) is 45.7 Å². The maximum Gasteiger partial charge on any atom is 0.138 e. The van der Waals surface area contributed by atoms with Crippen molar-refractivity contribution in [3.63, 3.8) is 0 Å². The van der Waals surface area contributed by atoms with Gasteiger partial charge in [-0.25, -0.2) is 0 Å². The standard InChI is InChI=1S/C12H23N3O/c1-2-12(16)10-9-14-4-3-11(10)15-7-5-13-6-8-15/h10-11,13-14H,2-9H2,1H3. The summed E-state index contributed by atoms with van der Waals surface area (Å²) in [5, 5.41) is 6.73. The summed E-state index contributed by atoms with van der Waals surface area (Å²) >= 11 is 0. The highest BCUT2D eigenvalue weighted by Crippen LogP contribution is 2.20. The number of Topliss-reactive ketones (excluding diaryl/α,β-unsaturated/α-hetero) is 1. The molecule has 2 fully saturated rings. The molecule has 0 spiro atoms. The summed E-state index contributed by atoms with van der Waals surface area (Å²) in [6.45, 7) is 8.24. The fraction of sp³-hybridized carbons (Fsp3) is 0.917. The van der Waals surface area contributed by atoms with Crippen molar-refractivity contribution < 1.29 is 4.79 Å². The minimum absolute atomic E-state index is 0.219. The molecule has 2 aliphatic rings. The smallest absolute Gasteiger partial charge is 0.138 e. The molecule has 4 heteroatoms. The molecule has 2 atom stereocenters. The van der Waals surface area contributed by atoms with Crippen molar-refractivity contribution in [2.24, 2.45) is 5.92 Å². The van der Waals surface area contributed by atoms with Crippen LogP contribution >= 0.6 is 0 Å². The Hall–Kier alpha value is -0.450. The summed E-state index contributed by atoms with van der Waals surface area (Å²) in [5.74, 6) is 0.646. The summed E-state index contributed by atoms with van der Waals surface area (Å²) < 4.78 is 0. The molecule has 2 saturated heterocycles. The molecule has 4 nitrogen and oxygen atoms in total. The predicted molar refractivity (Wildman–Crippen MR) is 64.5 cm³/mol. The van der Waals surface area contributed by atoms with Crippen LogP contribution in [0.3, 0.4) is 0 Å². The Bertz CT molecular complexity index is 238. The zero-order valence-electron chi connectivity index (χ0n) is 10.2. The van der Waals surface area contributed by atoms with E-state index in [-0.39, 0.29) is 5.92 Å². The van der Waals surface area contributed by atoms with Crippen LogP contribution in [0.5, 0.6) is 0 Å². The molecule has 0 saturated carbocycles. The summed E-state index contributed by atoms with van der Waals surface area (Å²) in [4.78, 5) is 14.4. The van der Waals surface area contributed by atoms with Gasteiger partial charge in [-0.1, -0.05) is 6.92 Å². The lowest BCUT2D eigenvalue weighted by Crippen LogP contribution is -2.56. The molecule has 0 aromatic rings. The third-order valence-electron chi connectivity index (χ3n) is 3.83. The topological polar surface area (TPSA) is 44.4 Å². The first-order valence-corrected chi connectivity index (χ1v) is 6.51. The number of nitrogens with zero attached hydrogens (tertiary/aromatic N) is 1. The number of ketones is 1. The Morgan fingerprint density at radius 3 is 2.69 bits per heavy atom. The van der Waals surface area contributed by atoms with Crippen LogP contribution in [0.1, 0.15) is 19.8 Å². The minimum atomic E-state index is 0.219. The van der Waals surface area contributed by atoms with E-state index < -0.39 is 0 Å². The van der Waals surface area contributed by atoms with E-state index in [1.165, 1.54) is 0 Å².